The van der Waals surface area contributed by atoms with Gasteiger partial charge in [0.1, 0.15) is 11.3 Å². The summed E-state index contributed by atoms with van der Waals surface area (Å²) >= 11 is 0. The zero-order valence-corrected chi connectivity index (χ0v) is 19.6. The minimum absolute atomic E-state index is 0.0943. The zero-order chi connectivity index (χ0) is 26.8. The van der Waals surface area contributed by atoms with Crippen molar-refractivity contribution in [2.24, 2.45) is 0 Å². The molecule has 0 radical (unpaired) electrons. The van der Waals surface area contributed by atoms with Gasteiger partial charge >= 0.3 is 18.4 Å². The van der Waals surface area contributed by atoms with Crippen molar-refractivity contribution in [1.29, 1.82) is 0 Å². The summed E-state index contributed by atoms with van der Waals surface area (Å²) in [5.41, 5.74) is -1.10. The van der Waals surface area contributed by atoms with E-state index in [-0.39, 0.29) is 40.1 Å². The fourth-order valence-corrected chi connectivity index (χ4v) is 4.70. The van der Waals surface area contributed by atoms with Crippen molar-refractivity contribution >= 4 is 21.0 Å². The molecule has 0 fully saturated rings. The topological polar surface area (TPSA) is 85.6 Å². The van der Waals surface area contributed by atoms with E-state index in [0.717, 1.165) is 0 Å². The first-order valence-corrected chi connectivity index (χ1v) is 12.2. The number of alkyl halides is 5. The molecule has 0 aliphatic rings. The largest absolute Gasteiger partial charge is 0.434 e. The molecule has 0 amide bonds. The molecule has 3 aromatic carbocycles. The normalized spacial score (nSPS) is 12.3. The van der Waals surface area contributed by atoms with Crippen LogP contribution in [0, 0.1) is 0 Å². The molecule has 4 aromatic rings. The molecule has 0 aliphatic carbocycles. The maximum Gasteiger partial charge on any atom is 0.417 e. The van der Waals surface area contributed by atoms with E-state index in [1.54, 1.807) is 6.07 Å². The van der Waals surface area contributed by atoms with Crippen LogP contribution < -0.4 is 15.1 Å². The van der Waals surface area contributed by atoms with Gasteiger partial charge in [0, 0.05) is 23.6 Å². The monoisotopic (exact) mass is 539 g/mol. The molecule has 0 saturated heterocycles. The van der Waals surface area contributed by atoms with Crippen molar-refractivity contribution in [3.8, 4) is 5.75 Å². The summed E-state index contributed by atoms with van der Waals surface area (Å²) in [7, 11) is -4.01. The third-order valence-corrected chi connectivity index (χ3v) is 6.81. The lowest BCUT2D eigenvalue weighted by molar-refractivity contribution is -0.136. The molecule has 1 N–H and O–H groups in total. The van der Waals surface area contributed by atoms with E-state index in [9.17, 15) is 35.2 Å². The number of hydrogen-bond acceptors (Lipinski definition) is 5. The third-order valence-electron chi connectivity index (χ3n) is 5.40. The molecule has 12 heteroatoms. The number of sulfonamides is 1. The Morgan fingerprint density at radius 3 is 2.27 bits per heavy atom. The molecule has 0 saturated carbocycles. The van der Waals surface area contributed by atoms with Crippen molar-refractivity contribution in [2.45, 2.75) is 30.6 Å². The summed E-state index contributed by atoms with van der Waals surface area (Å²) in [5, 5.41) is -0.260. The first-order chi connectivity index (χ1) is 17.4. The maximum absolute atomic E-state index is 13.4. The molecule has 0 bridgehead atoms. The van der Waals surface area contributed by atoms with Gasteiger partial charge in [-0.15, -0.1) is 0 Å². The lowest BCUT2D eigenvalue weighted by atomic mass is 10.0. The van der Waals surface area contributed by atoms with E-state index in [0.29, 0.717) is 17.2 Å². The van der Waals surface area contributed by atoms with Crippen LogP contribution in [0.2, 0.25) is 0 Å². The van der Waals surface area contributed by atoms with Crippen LogP contribution in [0.1, 0.15) is 22.3 Å². The number of ether oxygens (including phenoxy) is 1. The van der Waals surface area contributed by atoms with Gasteiger partial charge in [-0.1, -0.05) is 36.4 Å². The van der Waals surface area contributed by atoms with Crippen LogP contribution in [0.5, 0.6) is 5.75 Å². The minimum atomic E-state index is -4.75. The highest BCUT2D eigenvalue weighted by atomic mass is 32.2. The molecule has 0 aliphatic heterocycles. The van der Waals surface area contributed by atoms with Crippen molar-refractivity contribution in [1.82, 2.24) is 4.72 Å². The molecule has 0 spiro atoms. The molecule has 1 aromatic heterocycles. The third kappa shape index (κ3) is 6.33. The van der Waals surface area contributed by atoms with Crippen LogP contribution in [0.4, 0.5) is 22.0 Å². The Kier molecular flexibility index (Phi) is 7.32. The van der Waals surface area contributed by atoms with Gasteiger partial charge in [-0.2, -0.15) is 22.0 Å². The Hall–Kier alpha value is -3.77. The molecule has 4 rings (SSSR count). The lowest BCUT2D eigenvalue weighted by Crippen LogP contribution is -2.23. The second-order valence-corrected chi connectivity index (χ2v) is 9.71. The number of para-hydroxylation sites is 1. The van der Waals surface area contributed by atoms with Crippen LogP contribution in [0.3, 0.4) is 0 Å². The highest BCUT2D eigenvalue weighted by Crippen LogP contribution is 2.34. The average molecular weight is 539 g/mol. The fourth-order valence-electron chi connectivity index (χ4n) is 3.69. The molecule has 37 heavy (non-hydrogen) atoms. The van der Waals surface area contributed by atoms with Gasteiger partial charge < -0.3 is 9.15 Å². The number of halogens is 5. The van der Waals surface area contributed by atoms with Crippen molar-refractivity contribution < 1.29 is 39.5 Å². The van der Waals surface area contributed by atoms with Crippen LogP contribution in [0.25, 0.3) is 11.0 Å². The molecule has 6 nitrogen and oxygen atoms in total. The standard InChI is InChI=1S/C25H18F5NO5S/c26-24(27)36-21-4-2-1-3-17(21)14-31-37(33,34)18-8-5-15(6-9-18)11-16-7-10-22-19(12-16)20(25(28,29)30)13-23(32)35-22/h1-10,12-13,24,31H,11,14H2. The van der Waals surface area contributed by atoms with Crippen molar-refractivity contribution in [2.75, 3.05) is 0 Å². The quantitative estimate of drug-likeness (QED) is 0.237. The van der Waals surface area contributed by atoms with Crippen LogP contribution in [-0.4, -0.2) is 15.0 Å². The summed E-state index contributed by atoms with van der Waals surface area (Å²) in [6.45, 7) is -3.35. The molecule has 0 atom stereocenters. The number of hydrogen-bond donors (Lipinski definition) is 1. The van der Waals surface area contributed by atoms with Gasteiger partial charge in [0.25, 0.3) is 0 Å². The Labute approximate surface area is 207 Å². The summed E-state index contributed by atoms with van der Waals surface area (Å²) in [6.07, 6.45) is -4.57. The SMILES string of the molecule is O=c1cc(C(F)(F)F)c2cc(Cc3ccc(S(=O)(=O)NCc4ccccc4OC(F)F)cc3)ccc2o1. The Morgan fingerprint density at radius 1 is 0.919 bits per heavy atom. The summed E-state index contributed by atoms with van der Waals surface area (Å²) in [4.78, 5) is 11.4. The van der Waals surface area contributed by atoms with Crippen LogP contribution >= 0.6 is 0 Å². The maximum atomic E-state index is 13.4. The van der Waals surface area contributed by atoms with Gasteiger partial charge in [0.15, 0.2) is 0 Å². The van der Waals surface area contributed by atoms with Gasteiger partial charge in [-0.25, -0.2) is 17.9 Å². The molecular formula is C25H18F5NO5S. The fraction of sp³-hybridized carbons (Fsp3) is 0.160. The second-order valence-electron chi connectivity index (χ2n) is 7.94. The van der Waals surface area contributed by atoms with Gasteiger partial charge in [0.2, 0.25) is 10.0 Å². The molecular weight excluding hydrogens is 521 g/mol. The number of rotatable bonds is 8. The summed E-state index contributed by atoms with van der Waals surface area (Å²) < 4.78 is 102. The summed E-state index contributed by atoms with van der Waals surface area (Å²) in [6, 6.07) is 15.9. The first-order valence-electron chi connectivity index (χ1n) is 10.7. The van der Waals surface area contributed by atoms with E-state index in [2.05, 4.69) is 9.46 Å². The molecule has 0 unspecified atom stereocenters. The second kappa shape index (κ2) is 10.3. The van der Waals surface area contributed by atoms with Crippen molar-refractivity contribution in [3.63, 3.8) is 0 Å². The highest BCUT2D eigenvalue weighted by molar-refractivity contribution is 7.89. The van der Waals surface area contributed by atoms with Crippen molar-refractivity contribution in [3.05, 3.63) is 105 Å². The van der Waals surface area contributed by atoms with Gasteiger partial charge in [-0.05, 0) is 47.9 Å². The molecule has 1 heterocycles. The number of fused-ring (bicyclic) bond motifs is 1. The predicted molar refractivity (Wildman–Crippen MR) is 124 cm³/mol. The molecule has 194 valence electrons. The van der Waals surface area contributed by atoms with E-state index < -0.39 is 34.0 Å². The van der Waals surface area contributed by atoms with Crippen LogP contribution in [0.15, 0.2) is 86.9 Å². The smallest absolute Gasteiger partial charge is 0.417 e. The van der Waals surface area contributed by atoms with Gasteiger partial charge in [0.05, 0.1) is 10.5 Å². The Morgan fingerprint density at radius 2 is 1.59 bits per heavy atom. The Balaban J connectivity index is 1.51. The average Bonchev–Trinajstić information content (AvgIpc) is 2.82. The van der Waals surface area contributed by atoms with E-state index in [1.807, 2.05) is 0 Å². The Bertz CT molecular complexity index is 1580. The number of benzene rings is 3. The van der Waals surface area contributed by atoms with E-state index in [1.165, 1.54) is 60.7 Å². The zero-order valence-electron chi connectivity index (χ0n) is 18.8. The summed E-state index contributed by atoms with van der Waals surface area (Å²) in [5.74, 6) is -0.154. The highest BCUT2D eigenvalue weighted by Gasteiger charge is 2.33. The van der Waals surface area contributed by atoms with E-state index in [4.69, 9.17) is 4.42 Å². The minimum Gasteiger partial charge on any atom is -0.434 e. The lowest BCUT2D eigenvalue weighted by Gasteiger charge is -2.12. The van der Waals surface area contributed by atoms with E-state index >= 15 is 0 Å². The first kappa shape index (κ1) is 26.3. The van der Waals surface area contributed by atoms with Crippen LogP contribution in [-0.2, 0) is 29.2 Å². The van der Waals surface area contributed by atoms with Gasteiger partial charge in [-0.3, -0.25) is 0 Å². The predicted octanol–water partition coefficient (Wildman–Crippen LogP) is 5.48. The number of nitrogens with one attached hydrogen (secondary N) is 1.